The molecule has 1 aromatic carbocycles. The number of rotatable bonds is 7. The van der Waals surface area contributed by atoms with Crippen molar-refractivity contribution in [1.29, 1.82) is 0 Å². The molecule has 1 unspecified atom stereocenters. The monoisotopic (exact) mass is 293 g/mol. The van der Waals surface area contributed by atoms with Crippen LogP contribution in [0, 0.1) is 6.92 Å². The highest BCUT2D eigenvalue weighted by molar-refractivity contribution is 7.99. The van der Waals surface area contributed by atoms with Gasteiger partial charge in [0.15, 0.2) is 0 Å². The molecule has 0 aliphatic heterocycles. The van der Waals surface area contributed by atoms with Crippen molar-refractivity contribution in [2.24, 2.45) is 0 Å². The Kier molecular flexibility index (Phi) is 6.24. The first kappa shape index (κ1) is 15.7. The molecular weight excluding hydrogens is 266 g/mol. The van der Waals surface area contributed by atoms with Gasteiger partial charge in [-0.3, -0.25) is 0 Å². The minimum Gasteiger partial charge on any atom is -0.497 e. The van der Waals surface area contributed by atoms with E-state index in [1.54, 1.807) is 7.11 Å². The topological polar surface area (TPSA) is 21.3 Å². The first-order chi connectivity index (χ1) is 9.74. The Morgan fingerprint density at radius 2 is 2.10 bits per heavy atom. The van der Waals surface area contributed by atoms with Crippen molar-refractivity contribution in [3.05, 3.63) is 29.3 Å². The molecule has 2 rings (SSSR count). The van der Waals surface area contributed by atoms with Crippen molar-refractivity contribution in [1.82, 2.24) is 5.32 Å². The second-order valence-corrected chi connectivity index (χ2v) is 6.91. The van der Waals surface area contributed by atoms with Gasteiger partial charge in [-0.1, -0.05) is 25.8 Å². The normalized spacial score (nSPS) is 17.4. The number of benzene rings is 1. The summed E-state index contributed by atoms with van der Waals surface area (Å²) in [6.07, 6.45) is 5.66. The lowest BCUT2D eigenvalue weighted by atomic mass is 10.0. The molecule has 20 heavy (non-hydrogen) atoms. The first-order valence-corrected chi connectivity index (χ1v) is 8.79. The zero-order valence-electron chi connectivity index (χ0n) is 12.9. The molecule has 0 bridgehead atoms. The van der Waals surface area contributed by atoms with Crippen molar-refractivity contribution in [2.45, 2.75) is 50.8 Å². The van der Waals surface area contributed by atoms with E-state index in [1.165, 1.54) is 42.6 Å². The summed E-state index contributed by atoms with van der Waals surface area (Å²) in [6.45, 7) is 5.38. The molecule has 1 aliphatic carbocycles. The van der Waals surface area contributed by atoms with Gasteiger partial charge in [-0.2, -0.15) is 11.8 Å². The van der Waals surface area contributed by atoms with Gasteiger partial charge in [0.05, 0.1) is 7.11 Å². The van der Waals surface area contributed by atoms with Gasteiger partial charge in [-0.25, -0.2) is 0 Å². The molecule has 0 aromatic heterocycles. The second kappa shape index (κ2) is 7.94. The van der Waals surface area contributed by atoms with Crippen LogP contribution in [0.3, 0.4) is 0 Å². The van der Waals surface area contributed by atoms with Crippen LogP contribution in [0.2, 0.25) is 0 Å². The Balaban J connectivity index is 2.02. The zero-order chi connectivity index (χ0) is 14.4. The van der Waals surface area contributed by atoms with Gasteiger partial charge in [0.2, 0.25) is 0 Å². The van der Waals surface area contributed by atoms with Gasteiger partial charge in [0.1, 0.15) is 5.75 Å². The lowest BCUT2D eigenvalue weighted by Crippen LogP contribution is -2.24. The largest absolute Gasteiger partial charge is 0.497 e. The Morgan fingerprint density at radius 1 is 1.35 bits per heavy atom. The third-order valence-electron chi connectivity index (χ3n) is 4.10. The summed E-state index contributed by atoms with van der Waals surface area (Å²) in [5.41, 5.74) is 2.74. The molecule has 0 radical (unpaired) electrons. The number of thioether (sulfide) groups is 1. The van der Waals surface area contributed by atoms with Gasteiger partial charge < -0.3 is 10.1 Å². The standard InChI is InChI=1S/C17H27NOS/c1-4-18-17(12-20-15-7-5-6-8-15)16-10-9-14(19-3)11-13(16)2/h9-11,15,17-18H,4-8,12H2,1-3H3. The maximum absolute atomic E-state index is 5.31. The lowest BCUT2D eigenvalue weighted by Gasteiger charge is -2.22. The number of hydrogen-bond acceptors (Lipinski definition) is 3. The number of methoxy groups -OCH3 is 1. The fourth-order valence-electron chi connectivity index (χ4n) is 2.96. The van der Waals surface area contributed by atoms with E-state index in [9.17, 15) is 0 Å². The predicted molar refractivity (Wildman–Crippen MR) is 88.9 cm³/mol. The van der Waals surface area contributed by atoms with Crippen LogP contribution < -0.4 is 10.1 Å². The van der Waals surface area contributed by atoms with Crippen molar-refractivity contribution < 1.29 is 4.74 Å². The molecule has 1 fully saturated rings. The Hall–Kier alpha value is -0.670. The minimum absolute atomic E-state index is 0.455. The molecule has 3 heteroatoms. The quantitative estimate of drug-likeness (QED) is 0.808. The fourth-order valence-corrected chi connectivity index (χ4v) is 4.39. The van der Waals surface area contributed by atoms with Crippen LogP contribution in [0.4, 0.5) is 0 Å². The molecule has 112 valence electrons. The van der Waals surface area contributed by atoms with E-state index in [2.05, 4.69) is 49.1 Å². The van der Waals surface area contributed by atoms with Crippen LogP contribution >= 0.6 is 11.8 Å². The smallest absolute Gasteiger partial charge is 0.119 e. The average molecular weight is 293 g/mol. The first-order valence-electron chi connectivity index (χ1n) is 7.74. The molecule has 0 saturated heterocycles. The highest BCUT2D eigenvalue weighted by Crippen LogP contribution is 2.33. The van der Waals surface area contributed by atoms with Gasteiger partial charge >= 0.3 is 0 Å². The van der Waals surface area contributed by atoms with Gasteiger partial charge in [-0.05, 0) is 49.6 Å². The second-order valence-electron chi connectivity index (χ2n) is 5.57. The number of aryl methyl sites for hydroxylation is 1. The summed E-state index contributed by atoms with van der Waals surface area (Å²) in [5, 5.41) is 4.52. The Labute approximate surface area is 127 Å². The number of hydrogen-bond donors (Lipinski definition) is 1. The zero-order valence-corrected chi connectivity index (χ0v) is 13.8. The molecule has 2 nitrogen and oxygen atoms in total. The van der Waals surface area contributed by atoms with Crippen LogP contribution in [0.1, 0.15) is 49.8 Å². The summed E-state index contributed by atoms with van der Waals surface area (Å²) >= 11 is 2.15. The summed E-state index contributed by atoms with van der Waals surface area (Å²) in [7, 11) is 1.73. The predicted octanol–water partition coefficient (Wildman–Crippen LogP) is 4.33. The summed E-state index contributed by atoms with van der Waals surface area (Å²) in [5.74, 6) is 2.12. The third kappa shape index (κ3) is 4.16. The molecule has 1 atom stereocenters. The summed E-state index contributed by atoms with van der Waals surface area (Å²) < 4.78 is 5.31. The molecule has 0 amide bonds. The van der Waals surface area contributed by atoms with Crippen LogP contribution in [-0.2, 0) is 0 Å². The highest BCUT2D eigenvalue weighted by atomic mass is 32.2. The van der Waals surface area contributed by atoms with E-state index in [0.717, 1.165) is 17.5 Å². The van der Waals surface area contributed by atoms with E-state index >= 15 is 0 Å². The maximum Gasteiger partial charge on any atom is 0.119 e. The van der Waals surface area contributed by atoms with Gasteiger partial charge in [0.25, 0.3) is 0 Å². The summed E-state index contributed by atoms with van der Waals surface area (Å²) in [6, 6.07) is 6.89. The molecule has 0 heterocycles. The van der Waals surface area contributed by atoms with E-state index in [-0.39, 0.29) is 0 Å². The Bertz CT molecular complexity index is 415. The molecule has 1 N–H and O–H groups in total. The minimum atomic E-state index is 0.455. The molecular formula is C17H27NOS. The van der Waals surface area contributed by atoms with Crippen molar-refractivity contribution >= 4 is 11.8 Å². The molecule has 1 saturated carbocycles. The average Bonchev–Trinajstić information content (AvgIpc) is 2.97. The molecule has 0 spiro atoms. The van der Waals surface area contributed by atoms with Gasteiger partial charge in [-0.15, -0.1) is 0 Å². The third-order valence-corrected chi connectivity index (χ3v) is 5.57. The van der Waals surface area contributed by atoms with E-state index in [0.29, 0.717) is 6.04 Å². The van der Waals surface area contributed by atoms with Crippen molar-refractivity contribution in [3.63, 3.8) is 0 Å². The SMILES string of the molecule is CCNC(CSC1CCCC1)c1ccc(OC)cc1C. The van der Waals surface area contributed by atoms with Crippen molar-refractivity contribution in [3.8, 4) is 5.75 Å². The summed E-state index contributed by atoms with van der Waals surface area (Å²) in [4.78, 5) is 0. The molecule has 1 aliphatic rings. The van der Waals surface area contributed by atoms with Crippen molar-refractivity contribution in [2.75, 3.05) is 19.4 Å². The Morgan fingerprint density at radius 3 is 2.70 bits per heavy atom. The maximum atomic E-state index is 5.31. The van der Waals surface area contributed by atoms with E-state index in [4.69, 9.17) is 4.74 Å². The molecule has 1 aromatic rings. The highest BCUT2D eigenvalue weighted by Gasteiger charge is 2.19. The van der Waals surface area contributed by atoms with E-state index < -0.39 is 0 Å². The van der Waals surface area contributed by atoms with E-state index in [1.807, 2.05) is 0 Å². The van der Waals surface area contributed by atoms with Gasteiger partial charge in [0, 0.05) is 17.0 Å². The van der Waals surface area contributed by atoms with Crippen LogP contribution in [0.5, 0.6) is 5.75 Å². The number of nitrogens with one attached hydrogen (secondary N) is 1. The van der Waals surface area contributed by atoms with Crippen LogP contribution in [0.25, 0.3) is 0 Å². The fraction of sp³-hybridized carbons (Fsp3) is 0.647. The van der Waals surface area contributed by atoms with Crippen LogP contribution in [-0.4, -0.2) is 24.7 Å². The van der Waals surface area contributed by atoms with Crippen LogP contribution in [0.15, 0.2) is 18.2 Å². The number of ether oxygens (including phenoxy) is 1. The lowest BCUT2D eigenvalue weighted by molar-refractivity contribution is 0.414.